The third-order valence-electron chi connectivity index (χ3n) is 3.21. The number of benzene rings is 2. The highest BCUT2D eigenvalue weighted by molar-refractivity contribution is 14.1. The van der Waals surface area contributed by atoms with E-state index < -0.39 is 15.9 Å². The average Bonchev–Trinajstić information content (AvgIpc) is 2.56. The fraction of sp³-hybridized carbons (Fsp3) is 0.125. The van der Waals surface area contributed by atoms with Crippen LogP contribution in [0.4, 0.5) is 5.69 Å². The van der Waals surface area contributed by atoms with Gasteiger partial charge in [0.05, 0.1) is 15.7 Å². The number of carbonyl (C=O) groups is 1. The van der Waals surface area contributed by atoms with Crippen LogP contribution in [-0.2, 0) is 0 Å². The van der Waals surface area contributed by atoms with Crippen LogP contribution in [0.15, 0.2) is 36.4 Å². The molecular weight excluding hydrogens is 622 g/mol. The van der Waals surface area contributed by atoms with Crippen LogP contribution in [0, 0.1) is 3.57 Å². The quantitative estimate of drug-likeness (QED) is 0.153. The molecule has 12 heteroatoms. The van der Waals surface area contributed by atoms with Crippen molar-refractivity contribution in [3.05, 3.63) is 60.6 Å². The molecule has 0 heterocycles. The van der Waals surface area contributed by atoms with Gasteiger partial charge in [-0.15, -0.1) is 0 Å². The molecule has 0 bridgehead atoms. The van der Waals surface area contributed by atoms with E-state index in [9.17, 15) is 4.79 Å². The van der Waals surface area contributed by atoms with E-state index in [1.165, 1.54) is 12.1 Å². The largest absolute Gasteiger partial charge is 0.339 e. The first-order valence-corrected chi connectivity index (χ1v) is 11.1. The Morgan fingerprint density at radius 2 is 1.64 bits per heavy atom. The van der Waals surface area contributed by atoms with Crippen molar-refractivity contribution in [2.45, 2.75) is 9.96 Å². The van der Waals surface area contributed by atoms with Crippen LogP contribution in [0.2, 0.25) is 15.1 Å². The molecule has 0 aliphatic carbocycles. The van der Waals surface area contributed by atoms with Gasteiger partial charge >= 0.3 is 0 Å². The Kier molecular flexibility index (Phi) is 9.04. The summed E-state index contributed by atoms with van der Waals surface area (Å²) in [5.41, 5.74) is 0.716. The van der Waals surface area contributed by atoms with E-state index in [0.717, 1.165) is 3.57 Å². The van der Waals surface area contributed by atoms with Crippen LogP contribution in [-0.4, -0.2) is 21.0 Å². The number of halogens is 7. The lowest BCUT2D eigenvalue weighted by Crippen LogP contribution is -2.56. The monoisotopic (exact) mass is 629 g/mol. The van der Waals surface area contributed by atoms with Gasteiger partial charge in [0, 0.05) is 14.2 Å². The molecule has 2 aromatic rings. The summed E-state index contributed by atoms with van der Waals surface area (Å²) in [6, 6.07) is 9.90. The van der Waals surface area contributed by atoms with Crippen LogP contribution in [0.1, 0.15) is 10.4 Å². The van der Waals surface area contributed by atoms with Gasteiger partial charge in [0.15, 0.2) is 5.11 Å². The number of alkyl halides is 3. The van der Waals surface area contributed by atoms with Crippen molar-refractivity contribution in [2.75, 3.05) is 5.32 Å². The zero-order valence-electron chi connectivity index (χ0n) is 13.5. The molecule has 0 saturated carbocycles. The predicted molar refractivity (Wildman–Crippen MR) is 132 cm³/mol. The maximum absolute atomic E-state index is 12.5. The number of rotatable bonds is 4. The summed E-state index contributed by atoms with van der Waals surface area (Å²) in [7, 11) is 0. The van der Waals surface area contributed by atoms with Gasteiger partial charge in [0.2, 0.25) is 3.79 Å². The third kappa shape index (κ3) is 7.09. The van der Waals surface area contributed by atoms with Crippen molar-refractivity contribution >= 4 is 121 Å². The van der Waals surface area contributed by atoms with E-state index in [4.69, 9.17) is 81.8 Å². The Hall–Kier alpha value is 0.0700. The molecule has 0 radical (unpaired) electrons. The van der Waals surface area contributed by atoms with Gasteiger partial charge in [0.25, 0.3) is 5.91 Å². The average molecular weight is 632 g/mol. The van der Waals surface area contributed by atoms with Gasteiger partial charge in [-0.25, -0.2) is 0 Å². The molecule has 28 heavy (non-hydrogen) atoms. The number of amides is 1. The van der Waals surface area contributed by atoms with Crippen molar-refractivity contribution in [3.63, 3.8) is 0 Å². The second kappa shape index (κ2) is 10.4. The standard InChI is InChI=1S/C16H10Cl6IN3OS/c17-8-5-10(18)12(11(19)6-8)24-15(28)26-14(16(20,21)22)25-13(27)7-2-1-3-9(23)4-7/h1-6,14H,(H,25,27)(H2,24,26,28)/t14-/m1/s1. The molecule has 150 valence electrons. The van der Waals surface area contributed by atoms with Crippen molar-refractivity contribution in [1.29, 1.82) is 0 Å². The molecule has 2 aromatic carbocycles. The summed E-state index contributed by atoms with van der Waals surface area (Å²) >= 11 is 43.4. The molecule has 3 N–H and O–H groups in total. The van der Waals surface area contributed by atoms with E-state index in [2.05, 4.69) is 38.5 Å². The van der Waals surface area contributed by atoms with Gasteiger partial charge in [-0.2, -0.15) is 0 Å². The predicted octanol–water partition coefficient (Wildman–Crippen LogP) is 6.66. The Balaban J connectivity index is 2.14. The van der Waals surface area contributed by atoms with Crippen molar-refractivity contribution in [2.24, 2.45) is 0 Å². The van der Waals surface area contributed by atoms with Crippen LogP contribution in [0.3, 0.4) is 0 Å². The molecule has 0 unspecified atom stereocenters. The zero-order valence-corrected chi connectivity index (χ0v) is 21.0. The molecular formula is C16H10Cl6IN3OS. The molecule has 2 rings (SSSR count). The minimum absolute atomic E-state index is 0.0189. The smallest absolute Gasteiger partial charge is 0.253 e. The maximum atomic E-state index is 12.5. The third-order valence-corrected chi connectivity index (χ3v) is 5.57. The van der Waals surface area contributed by atoms with Gasteiger partial charge in [0.1, 0.15) is 6.17 Å². The van der Waals surface area contributed by atoms with Gasteiger partial charge in [-0.3, -0.25) is 4.79 Å². The maximum Gasteiger partial charge on any atom is 0.253 e. The molecule has 0 spiro atoms. The van der Waals surface area contributed by atoms with E-state index >= 15 is 0 Å². The normalized spacial score (nSPS) is 12.2. The minimum atomic E-state index is -1.91. The topological polar surface area (TPSA) is 53.2 Å². The Morgan fingerprint density at radius 1 is 1.04 bits per heavy atom. The summed E-state index contributed by atoms with van der Waals surface area (Å²) in [6.45, 7) is 0. The molecule has 1 atom stereocenters. The Labute approximate surface area is 210 Å². The Morgan fingerprint density at radius 3 is 2.18 bits per heavy atom. The van der Waals surface area contributed by atoms with Gasteiger partial charge in [-0.05, 0) is 65.1 Å². The molecule has 0 aliphatic heterocycles. The molecule has 0 aliphatic rings. The van der Waals surface area contributed by atoms with Gasteiger partial charge in [-0.1, -0.05) is 75.7 Å². The van der Waals surface area contributed by atoms with Crippen molar-refractivity contribution < 1.29 is 4.79 Å². The van der Waals surface area contributed by atoms with Crippen LogP contribution in [0.5, 0.6) is 0 Å². The lowest BCUT2D eigenvalue weighted by atomic mass is 10.2. The highest BCUT2D eigenvalue weighted by atomic mass is 127. The van der Waals surface area contributed by atoms with Crippen LogP contribution < -0.4 is 16.0 Å². The van der Waals surface area contributed by atoms with Crippen molar-refractivity contribution in [1.82, 2.24) is 10.6 Å². The molecule has 0 aromatic heterocycles. The lowest BCUT2D eigenvalue weighted by molar-refractivity contribution is 0.0934. The highest BCUT2D eigenvalue weighted by Crippen LogP contribution is 2.34. The summed E-state index contributed by atoms with van der Waals surface area (Å²) < 4.78 is -1.02. The first-order chi connectivity index (χ1) is 13.0. The molecule has 0 fully saturated rings. The second-order valence-corrected chi connectivity index (χ2v) is 10.6. The van der Waals surface area contributed by atoms with E-state index in [1.807, 2.05) is 6.07 Å². The highest BCUT2D eigenvalue weighted by Gasteiger charge is 2.35. The molecule has 1 amide bonds. The van der Waals surface area contributed by atoms with Crippen molar-refractivity contribution in [3.8, 4) is 0 Å². The van der Waals surface area contributed by atoms with Crippen LogP contribution >= 0.6 is 104 Å². The zero-order chi connectivity index (χ0) is 21.1. The number of nitrogens with one attached hydrogen (secondary N) is 3. The first-order valence-electron chi connectivity index (χ1n) is 7.32. The van der Waals surface area contributed by atoms with E-state index in [1.54, 1.807) is 18.2 Å². The summed E-state index contributed by atoms with van der Waals surface area (Å²) in [4.78, 5) is 12.5. The number of hydrogen-bond acceptors (Lipinski definition) is 2. The number of carbonyl (C=O) groups excluding carboxylic acids is 1. The second-order valence-electron chi connectivity index (χ2n) is 5.30. The number of anilines is 1. The summed E-state index contributed by atoms with van der Waals surface area (Å²) in [6.07, 6.45) is -1.15. The molecule has 0 saturated heterocycles. The first kappa shape index (κ1) is 24.3. The molecule has 4 nitrogen and oxygen atoms in total. The lowest BCUT2D eigenvalue weighted by Gasteiger charge is -2.28. The number of thiocarbonyl (C=S) groups is 1. The summed E-state index contributed by atoms with van der Waals surface area (Å²) in [5.74, 6) is -0.451. The van der Waals surface area contributed by atoms with Crippen LogP contribution in [0.25, 0.3) is 0 Å². The van der Waals surface area contributed by atoms with E-state index in [0.29, 0.717) is 16.3 Å². The fourth-order valence-electron chi connectivity index (χ4n) is 1.99. The number of hydrogen-bond donors (Lipinski definition) is 3. The van der Waals surface area contributed by atoms with Gasteiger partial charge < -0.3 is 16.0 Å². The SMILES string of the molecule is O=C(N[C@H](NC(=S)Nc1c(Cl)cc(Cl)cc1Cl)C(Cl)(Cl)Cl)c1cccc(I)c1. The Bertz CT molecular complexity index is 885. The minimum Gasteiger partial charge on any atom is -0.339 e. The van der Waals surface area contributed by atoms with E-state index in [-0.39, 0.29) is 15.2 Å². The fourth-order valence-corrected chi connectivity index (χ4v) is 3.99. The summed E-state index contributed by atoms with van der Waals surface area (Å²) in [5, 5.41) is 9.00.